The lowest BCUT2D eigenvalue weighted by Gasteiger charge is -2.16. The van der Waals surface area contributed by atoms with Gasteiger partial charge in [0.2, 0.25) is 0 Å². The molecule has 9 heteroatoms. The van der Waals surface area contributed by atoms with Crippen molar-refractivity contribution in [2.24, 2.45) is 4.99 Å². The van der Waals surface area contributed by atoms with E-state index in [2.05, 4.69) is 15.9 Å². The van der Waals surface area contributed by atoms with Gasteiger partial charge in [0, 0.05) is 20.6 Å². The molecule has 200 valence electrons. The molecule has 5 rings (SSSR count). The van der Waals surface area contributed by atoms with Gasteiger partial charge in [-0.2, -0.15) is 0 Å². The number of carboxylic acids is 1. The fourth-order valence-corrected chi connectivity index (χ4v) is 5.51. The number of amidine groups is 1. The summed E-state index contributed by atoms with van der Waals surface area (Å²) < 4.78 is 6.96. The Kier molecular flexibility index (Phi) is 8.69. The van der Waals surface area contributed by atoms with E-state index in [-0.39, 0.29) is 24.6 Å². The highest BCUT2D eigenvalue weighted by molar-refractivity contribution is 9.10. The molecule has 0 saturated carbocycles. The Hall–Kier alpha value is -3.85. The van der Waals surface area contributed by atoms with Crippen LogP contribution in [-0.2, 0) is 17.9 Å². The molecule has 1 saturated heterocycles. The lowest BCUT2D eigenvalue weighted by Crippen LogP contribution is -2.28. The average Bonchev–Trinajstić information content (AvgIpc) is 3.23. The Labute approximate surface area is 249 Å². The molecule has 0 bridgehead atoms. The first-order chi connectivity index (χ1) is 19.4. The van der Waals surface area contributed by atoms with Gasteiger partial charge in [0.1, 0.15) is 12.4 Å². The maximum Gasteiger partial charge on any atom is 0.335 e. The molecule has 1 N–H and O–H groups in total. The fourth-order valence-electron chi connectivity index (χ4n) is 3.95. The zero-order valence-corrected chi connectivity index (χ0v) is 24.1. The van der Waals surface area contributed by atoms with Gasteiger partial charge in [-0.3, -0.25) is 9.69 Å². The molecule has 4 aromatic carbocycles. The molecule has 0 aromatic heterocycles. The van der Waals surface area contributed by atoms with E-state index < -0.39 is 5.97 Å². The highest BCUT2D eigenvalue weighted by atomic mass is 79.9. The Morgan fingerprint density at radius 1 is 1.00 bits per heavy atom. The number of hydrogen-bond acceptors (Lipinski definition) is 5. The number of rotatable bonds is 8. The van der Waals surface area contributed by atoms with E-state index in [0.29, 0.717) is 20.8 Å². The first-order valence-corrected chi connectivity index (χ1v) is 14.2. The van der Waals surface area contributed by atoms with E-state index in [4.69, 9.17) is 21.3 Å². The Morgan fingerprint density at radius 3 is 2.45 bits per heavy atom. The second kappa shape index (κ2) is 12.6. The number of nitrogens with zero attached hydrogens (tertiary/aromatic N) is 2. The summed E-state index contributed by atoms with van der Waals surface area (Å²) in [6.45, 7) is 0.515. The summed E-state index contributed by atoms with van der Waals surface area (Å²) in [5.41, 5.74) is 3.27. The monoisotopic (exact) mass is 632 g/mol. The van der Waals surface area contributed by atoms with Crippen molar-refractivity contribution in [2.45, 2.75) is 13.2 Å². The van der Waals surface area contributed by atoms with E-state index in [9.17, 15) is 14.7 Å². The number of hydrogen-bond donors (Lipinski definition) is 1. The highest BCUT2D eigenvalue weighted by Gasteiger charge is 2.34. The molecule has 0 atom stereocenters. The Bertz CT molecular complexity index is 1620. The number of aromatic carboxylic acids is 1. The summed E-state index contributed by atoms with van der Waals surface area (Å²) in [5.74, 6) is -0.607. The zero-order valence-electron chi connectivity index (χ0n) is 21.0. The number of halogens is 2. The smallest absolute Gasteiger partial charge is 0.335 e. The van der Waals surface area contributed by atoms with Gasteiger partial charge in [-0.05, 0) is 71.9 Å². The van der Waals surface area contributed by atoms with Crippen molar-refractivity contribution in [1.29, 1.82) is 0 Å². The topological polar surface area (TPSA) is 79.2 Å². The average molecular weight is 634 g/mol. The number of amides is 1. The SMILES string of the molecule is O=C(O)c1ccc(CN2C(=O)/C(=C/c3cc(Br)ccc3OCc3ccccc3Cl)SC2=Nc2ccccc2)cc1. The van der Waals surface area contributed by atoms with Gasteiger partial charge in [-0.1, -0.05) is 76.1 Å². The van der Waals surface area contributed by atoms with E-state index >= 15 is 0 Å². The molecule has 1 aliphatic rings. The zero-order chi connectivity index (χ0) is 28.1. The predicted molar refractivity (Wildman–Crippen MR) is 163 cm³/mol. The van der Waals surface area contributed by atoms with Crippen LogP contribution in [0.4, 0.5) is 5.69 Å². The Morgan fingerprint density at radius 2 is 1.73 bits per heavy atom. The first kappa shape index (κ1) is 27.7. The van der Waals surface area contributed by atoms with Crippen LogP contribution < -0.4 is 4.74 Å². The summed E-state index contributed by atoms with van der Waals surface area (Å²) >= 11 is 11.1. The van der Waals surface area contributed by atoms with Crippen molar-refractivity contribution in [3.63, 3.8) is 0 Å². The predicted octanol–water partition coefficient (Wildman–Crippen LogP) is 8.18. The van der Waals surface area contributed by atoms with Crippen LogP contribution in [-0.4, -0.2) is 27.1 Å². The molecule has 40 heavy (non-hydrogen) atoms. The lowest BCUT2D eigenvalue weighted by molar-refractivity contribution is -0.122. The minimum Gasteiger partial charge on any atom is -0.488 e. The van der Waals surface area contributed by atoms with Crippen molar-refractivity contribution in [2.75, 3.05) is 0 Å². The van der Waals surface area contributed by atoms with Gasteiger partial charge < -0.3 is 9.84 Å². The number of para-hydroxylation sites is 1. The molecular formula is C31H22BrClN2O4S. The van der Waals surface area contributed by atoms with Crippen LogP contribution in [0.15, 0.2) is 111 Å². The molecular weight excluding hydrogens is 612 g/mol. The van der Waals surface area contributed by atoms with E-state index in [0.717, 1.165) is 26.9 Å². The van der Waals surface area contributed by atoms with Crippen LogP contribution in [0.2, 0.25) is 5.02 Å². The van der Waals surface area contributed by atoms with Gasteiger partial charge in [0.05, 0.1) is 22.7 Å². The lowest BCUT2D eigenvalue weighted by atomic mass is 10.1. The number of thioether (sulfide) groups is 1. The third kappa shape index (κ3) is 6.65. The minimum absolute atomic E-state index is 0.184. The number of carboxylic acid groups (broad SMARTS) is 1. The van der Waals surface area contributed by atoms with Crippen LogP contribution in [0.5, 0.6) is 5.75 Å². The van der Waals surface area contributed by atoms with Gasteiger partial charge in [0.25, 0.3) is 5.91 Å². The quantitative estimate of drug-likeness (QED) is 0.198. The number of aliphatic imine (C=N–C) groups is 1. The van der Waals surface area contributed by atoms with Crippen LogP contribution in [0.1, 0.15) is 27.0 Å². The maximum atomic E-state index is 13.7. The van der Waals surface area contributed by atoms with E-state index in [1.165, 1.54) is 23.9 Å². The van der Waals surface area contributed by atoms with Crippen molar-refractivity contribution in [1.82, 2.24) is 4.90 Å². The molecule has 0 aliphatic carbocycles. The maximum absolute atomic E-state index is 13.7. The highest BCUT2D eigenvalue weighted by Crippen LogP contribution is 2.37. The third-order valence-corrected chi connectivity index (χ3v) is 7.88. The van der Waals surface area contributed by atoms with Gasteiger partial charge >= 0.3 is 5.97 Å². The van der Waals surface area contributed by atoms with Crippen LogP contribution in [0, 0.1) is 0 Å². The van der Waals surface area contributed by atoms with Crippen molar-refractivity contribution >= 4 is 68.1 Å². The second-order valence-electron chi connectivity index (χ2n) is 8.80. The van der Waals surface area contributed by atoms with E-state index in [1.54, 1.807) is 23.1 Å². The number of benzene rings is 4. The molecule has 1 amide bonds. The standard InChI is InChI=1S/C31H22BrClN2O4S/c32-24-14-15-27(39-19-22-6-4-5-9-26(22)33)23(16-24)17-28-29(36)35(18-20-10-12-21(13-11-20)30(37)38)31(40-28)34-25-7-2-1-3-8-25/h1-17H,18-19H2,(H,37,38)/b28-17-,34-31?. The van der Waals surface area contributed by atoms with E-state index in [1.807, 2.05) is 72.8 Å². The Balaban J connectivity index is 1.46. The number of carbonyl (C=O) groups is 2. The first-order valence-electron chi connectivity index (χ1n) is 12.2. The molecule has 0 spiro atoms. The number of carbonyl (C=O) groups excluding carboxylic acids is 1. The molecule has 4 aromatic rings. The molecule has 6 nitrogen and oxygen atoms in total. The van der Waals surface area contributed by atoms with Gasteiger partial charge in [0.15, 0.2) is 5.17 Å². The van der Waals surface area contributed by atoms with Gasteiger partial charge in [-0.25, -0.2) is 9.79 Å². The fraction of sp³-hybridized carbons (Fsp3) is 0.0645. The van der Waals surface area contributed by atoms with Crippen LogP contribution >= 0.6 is 39.3 Å². The van der Waals surface area contributed by atoms with Crippen LogP contribution in [0.3, 0.4) is 0 Å². The largest absolute Gasteiger partial charge is 0.488 e. The summed E-state index contributed by atoms with van der Waals surface area (Å²) in [5, 5.41) is 10.4. The summed E-state index contributed by atoms with van der Waals surface area (Å²) in [7, 11) is 0. The van der Waals surface area contributed by atoms with Crippen LogP contribution in [0.25, 0.3) is 6.08 Å². The minimum atomic E-state index is -1.00. The summed E-state index contributed by atoms with van der Waals surface area (Å²) in [6, 6.07) is 29.0. The molecule has 0 radical (unpaired) electrons. The number of ether oxygens (including phenoxy) is 1. The summed E-state index contributed by atoms with van der Waals surface area (Å²) in [6.07, 6.45) is 1.80. The van der Waals surface area contributed by atoms with Gasteiger partial charge in [-0.15, -0.1) is 0 Å². The molecule has 0 unspecified atom stereocenters. The van der Waals surface area contributed by atoms with Crippen molar-refractivity contribution in [3.8, 4) is 5.75 Å². The molecule has 1 fully saturated rings. The molecule has 1 aliphatic heterocycles. The third-order valence-electron chi connectivity index (χ3n) is 6.01. The normalized spacial score (nSPS) is 15.2. The van der Waals surface area contributed by atoms with Crippen molar-refractivity contribution in [3.05, 3.63) is 134 Å². The molecule has 1 heterocycles. The summed E-state index contributed by atoms with van der Waals surface area (Å²) in [4.78, 5) is 31.8. The van der Waals surface area contributed by atoms with Crippen molar-refractivity contribution < 1.29 is 19.4 Å². The second-order valence-corrected chi connectivity index (χ2v) is 11.1.